The average molecular weight is 780 g/mol. The van der Waals surface area contributed by atoms with Gasteiger partial charge in [-0.05, 0) is 72.2 Å². The molecule has 6 aromatic carbocycles. The maximum atomic E-state index is 12.1. The molecule has 6 aromatic rings. The van der Waals surface area contributed by atoms with E-state index in [1.54, 1.807) is 0 Å². The van der Waals surface area contributed by atoms with Gasteiger partial charge in [0.2, 0.25) is 0 Å². The smallest absolute Gasteiger partial charge is 0.130 e. The molecule has 2 saturated heterocycles. The first-order valence-electron chi connectivity index (χ1n) is 19.6. The van der Waals surface area contributed by atoms with Crippen molar-refractivity contribution in [3.8, 4) is 0 Å². The summed E-state index contributed by atoms with van der Waals surface area (Å²) in [6.07, 6.45) is 5.71. The zero-order valence-electron chi connectivity index (χ0n) is 32.3. The second kappa shape index (κ2) is 21.0. The molecule has 288 valence electrons. The summed E-state index contributed by atoms with van der Waals surface area (Å²) < 4.78 is 0. The summed E-state index contributed by atoms with van der Waals surface area (Å²) in [6.45, 7) is 10.3. The van der Waals surface area contributed by atoms with Crippen molar-refractivity contribution in [3.63, 3.8) is 0 Å². The van der Waals surface area contributed by atoms with Crippen molar-refractivity contribution in [2.24, 2.45) is 0 Å². The molecule has 0 spiro atoms. The first-order chi connectivity index (χ1) is 27.0. The number of aliphatic hydroxyl groups is 2. The molecule has 0 bridgehead atoms. The molecule has 2 atom stereocenters. The monoisotopic (exact) mass is 779 g/mol. The molecule has 2 aliphatic rings. The number of allylic oxidation sites excluding steroid dienone is 1. The van der Waals surface area contributed by atoms with Crippen LogP contribution in [0.5, 0.6) is 0 Å². The molecule has 0 unspecified atom stereocenters. The molecule has 2 heterocycles. The second-order valence-corrected chi connectivity index (χ2v) is 14.5. The summed E-state index contributed by atoms with van der Waals surface area (Å²) in [5.74, 6) is 0. The topological polar surface area (TPSA) is 46.9 Å². The molecule has 2 N–H and O–H groups in total. The Labute approximate surface area is 345 Å². The molecule has 5 heteroatoms. The van der Waals surface area contributed by atoms with Gasteiger partial charge in [-0.3, -0.25) is 9.80 Å². The predicted molar refractivity (Wildman–Crippen MR) is 227 cm³/mol. The molecule has 2 aliphatic heterocycles. The zero-order valence-corrected chi connectivity index (χ0v) is 33.6. The normalized spacial score (nSPS) is 17.0. The first-order valence-corrected chi connectivity index (χ1v) is 19.6. The van der Waals surface area contributed by atoms with Crippen molar-refractivity contribution in [2.75, 3.05) is 13.1 Å². The third kappa shape index (κ3) is 9.99. The van der Waals surface area contributed by atoms with E-state index in [0.29, 0.717) is 0 Å². The van der Waals surface area contributed by atoms with Crippen LogP contribution in [0.25, 0.3) is 0 Å². The summed E-state index contributed by atoms with van der Waals surface area (Å²) in [5.41, 5.74) is 4.45. The average Bonchev–Trinajstić information content (AvgIpc) is 3.93. The molecule has 0 amide bonds. The predicted octanol–water partition coefficient (Wildman–Crippen LogP) is 10.2. The zero-order chi connectivity index (χ0) is 38.4. The van der Waals surface area contributed by atoms with Crippen molar-refractivity contribution in [3.05, 3.63) is 235 Å². The van der Waals surface area contributed by atoms with Gasteiger partial charge in [0.05, 0.1) is 0 Å². The van der Waals surface area contributed by atoms with Gasteiger partial charge >= 0.3 is 0 Å². The van der Waals surface area contributed by atoms with Crippen molar-refractivity contribution in [1.29, 1.82) is 0 Å². The number of nitrogens with zero attached hydrogens (tertiary/aromatic N) is 2. The van der Waals surface area contributed by atoms with E-state index >= 15 is 0 Å². The Kier molecular flexibility index (Phi) is 15.9. The van der Waals surface area contributed by atoms with E-state index in [1.807, 2.05) is 121 Å². The largest absolute Gasteiger partial charge is 0.379 e. The number of rotatable bonds is 10. The SMILES string of the molecule is C=C[CH2-].OC(c1ccccc1)(c1ccccc1)[C@@H]1CCCN1Cc1ccccc1.OC(c1ccccc1)(c1ccccc1)[C@@H]1CCCN1Cc1ccccc1.[Cr]. The third-order valence-electron chi connectivity index (χ3n) is 11.0. The van der Waals surface area contributed by atoms with Gasteiger partial charge in [-0.15, -0.1) is 0 Å². The first kappa shape index (κ1) is 42.4. The molecule has 56 heavy (non-hydrogen) atoms. The van der Waals surface area contributed by atoms with Gasteiger partial charge in [0.1, 0.15) is 11.2 Å². The fourth-order valence-electron chi connectivity index (χ4n) is 8.48. The van der Waals surface area contributed by atoms with Crippen LogP contribution >= 0.6 is 0 Å². The van der Waals surface area contributed by atoms with Crippen molar-refractivity contribution in [1.82, 2.24) is 9.80 Å². The number of hydrogen-bond donors (Lipinski definition) is 2. The van der Waals surface area contributed by atoms with Crippen LogP contribution in [-0.4, -0.2) is 45.2 Å². The van der Waals surface area contributed by atoms with Crippen LogP contribution in [0.1, 0.15) is 59.1 Å². The van der Waals surface area contributed by atoms with Crippen molar-refractivity contribution < 1.29 is 27.6 Å². The van der Waals surface area contributed by atoms with Crippen LogP contribution in [0.2, 0.25) is 0 Å². The van der Waals surface area contributed by atoms with Gasteiger partial charge in [0.25, 0.3) is 0 Å². The van der Waals surface area contributed by atoms with Gasteiger partial charge in [-0.2, -0.15) is 0 Å². The quantitative estimate of drug-likeness (QED) is 0.136. The van der Waals surface area contributed by atoms with Crippen LogP contribution in [0, 0.1) is 6.92 Å². The van der Waals surface area contributed by atoms with Crippen molar-refractivity contribution in [2.45, 2.75) is 62.1 Å². The Morgan fingerprint density at radius 3 is 0.964 bits per heavy atom. The summed E-state index contributed by atoms with van der Waals surface area (Å²) >= 11 is 0. The van der Waals surface area contributed by atoms with Gasteiger partial charge in [0, 0.05) is 42.5 Å². The van der Waals surface area contributed by atoms with E-state index in [0.717, 1.165) is 74.1 Å². The summed E-state index contributed by atoms with van der Waals surface area (Å²) in [7, 11) is 0. The molecule has 0 aromatic heterocycles. The molecule has 0 saturated carbocycles. The molecular weight excluding hydrogens is 725 g/mol. The second-order valence-electron chi connectivity index (χ2n) is 14.5. The minimum Gasteiger partial charge on any atom is -0.379 e. The van der Waals surface area contributed by atoms with E-state index in [9.17, 15) is 10.2 Å². The van der Waals surface area contributed by atoms with Crippen LogP contribution < -0.4 is 0 Å². The summed E-state index contributed by atoms with van der Waals surface area (Å²) in [4.78, 5) is 4.88. The molecule has 0 aliphatic carbocycles. The van der Waals surface area contributed by atoms with Crippen LogP contribution in [0.3, 0.4) is 0 Å². The van der Waals surface area contributed by atoms with Gasteiger partial charge in [-0.25, -0.2) is 19.6 Å². The fraction of sp³-hybridized carbons (Fsp3) is 0.235. The van der Waals surface area contributed by atoms with Gasteiger partial charge < -0.3 is 10.2 Å². The Hall–Kier alpha value is -4.70. The Morgan fingerprint density at radius 2 is 0.714 bits per heavy atom. The molecule has 8 rings (SSSR count). The van der Waals surface area contributed by atoms with Crippen molar-refractivity contribution >= 4 is 0 Å². The van der Waals surface area contributed by atoms with Crippen LogP contribution in [-0.2, 0) is 41.7 Å². The van der Waals surface area contributed by atoms with E-state index in [4.69, 9.17) is 0 Å². The van der Waals surface area contributed by atoms with E-state index in [2.05, 4.69) is 84.0 Å². The summed E-state index contributed by atoms with van der Waals surface area (Å²) in [6, 6.07) is 61.7. The Morgan fingerprint density at radius 1 is 0.482 bits per heavy atom. The minimum atomic E-state index is -1.01. The number of likely N-dealkylation sites (tertiary alicyclic amines) is 2. The van der Waals surface area contributed by atoms with E-state index in [-0.39, 0.29) is 29.4 Å². The number of hydrogen-bond acceptors (Lipinski definition) is 4. The Bertz CT molecular complexity index is 1760. The van der Waals surface area contributed by atoms with E-state index < -0.39 is 11.2 Å². The maximum Gasteiger partial charge on any atom is 0.130 e. The molecule has 0 radical (unpaired) electrons. The van der Waals surface area contributed by atoms with Gasteiger partial charge in [-0.1, -0.05) is 182 Å². The summed E-state index contributed by atoms with van der Waals surface area (Å²) in [5, 5.41) is 24.1. The minimum absolute atomic E-state index is 0. The molecular formula is C51H55CrN2O2-. The van der Waals surface area contributed by atoms with E-state index in [1.165, 1.54) is 17.2 Å². The van der Waals surface area contributed by atoms with Crippen LogP contribution in [0.15, 0.2) is 195 Å². The Balaban J connectivity index is 0.000000197. The fourth-order valence-corrected chi connectivity index (χ4v) is 8.48. The number of benzene rings is 6. The third-order valence-corrected chi connectivity index (χ3v) is 11.0. The standard InChI is InChI=1S/2C24H25NO.C3H5.Cr/c2*26-24(21-13-6-2-7-14-21,22-15-8-3-9-16-22)23-17-10-18-25(23)19-20-11-4-1-5-12-20;1-3-2;/h2*1-9,11-16,23,26H,10,17-19H2;3H,1-2H2;/q;;-1;/t2*23-;;/m00../s1. The molecule has 2 fully saturated rings. The molecule has 4 nitrogen and oxygen atoms in total. The van der Waals surface area contributed by atoms with Gasteiger partial charge in [0.15, 0.2) is 0 Å². The van der Waals surface area contributed by atoms with Crippen LogP contribution in [0.4, 0.5) is 0 Å². The maximum absolute atomic E-state index is 12.1.